The summed E-state index contributed by atoms with van der Waals surface area (Å²) >= 11 is 0. The molecule has 0 aliphatic carbocycles. The van der Waals surface area contributed by atoms with Crippen LogP contribution in [0.25, 0.3) is 6.08 Å². The Labute approximate surface area is 125 Å². The molecule has 3 heteroatoms. The van der Waals surface area contributed by atoms with Crippen LogP contribution in [0, 0.1) is 5.82 Å². The Morgan fingerprint density at radius 1 is 1.19 bits per heavy atom. The predicted octanol–water partition coefficient (Wildman–Crippen LogP) is 3.81. The van der Waals surface area contributed by atoms with Gasteiger partial charge in [-0.1, -0.05) is 36.4 Å². The summed E-state index contributed by atoms with van der Waals surface area (Å²) in [6.07, 6.45) is 4.52. The summed E-state index contributed by atoms with van der Waals surface area (Å²) in [5.74, 6) is 0.235. The van der Waals surface area contributed by atoms with Crippen molar-refractivity contribution < 1.29 is 9.13 Å². The maximum atomic E-state index is 13.5. The van der Waals surface area contributed by atoms with E-state index in [2.05, 4.69) is 0 Å². The van der Waals surface area contributed by atoms with E-state index in [1.165, 1.54) is 12.1 Å². The Morgan fingerprint density at radius 2 is 1.95 bits per heavy atom. The molecule has 21 heavy (non-hydrogen) atoms. The molecular formula is C18H20FNO. The first-order valence-corrected chi connectivity index (χ1v) is 7.03. The molecule has 0 bridgehead atoms. The molecule has 2 aromatic rings. The quantitative estimate of drug-likeness (QED) is 0.876. The second-order valence-electron chi connectivity index (χ2n) is 5.10. The Balaban J connectivity index is 1.93. The molecule has 110 valence electrons. The molecule has 2 rings (SSSR count). The minimum Gasteiger partial charge on any atom is -0.489 e. The van der Waals surface area contributed by atoms with Gasteiger partial charge in [-0.05, 0) is 42.7 Å². The molecule has 0 aromatic heterocycles. The number of benzene rings is 2. The van der Waals surface area contributed by atoms with Crippen molar-refractivity contribution in [3.8, 4) is 5.75 Å². The monoisotopic (exact) mass is 285 g/mol. The Hall–Kier alpha value is -2.13. The maximum absolute atomic E-state index is 13.5. The first-order chi connectivity index (χ1) is 10.1. The molecule has 0 aliphatic heterocycles. The zero-order chi connectivity index (χ0) is 15.1. The highest BCUT2D eigenvalue weighted by Gasteiger charge is 2.04. The van der Waals surface area contributed by atoms with Crippen molar-refractivity contribution in [1.82, 2.24) is 0 Å². The van der Waals surface area contributed by atoms with Gasteiger partial charge in [0.1, 0.15) is 18.2 Å². The van der Waals surface area contributed by atoms with Gasteiger partial charge in [-0.25, -0.2) is 4.39 Å². The predicted molar refractivity (Wildman–Crippen MR) is 84.7 cm³/mol. The number of hydrogen-bond donors (Lipinski definition) is 1. The lowest BCUT2D eigenvalue weighted by atomic mass is 10.1. The van der Waals surface area contributed by atoms with Crippen LogP contribution in [0.2, 0.25) is 0 Å². The first kappa shape index (κ1) is 15.3. The van der Waals surface area contributed by atoms with E-state index < -0.39 is 0 Å². The summed E-state index contributed by atoms with van der Waals surface area (Å²) in [4.78, 5) is 0. The molecule has 0 saturated carbocycles. The van der Waals surface area contributed by atoms with Crippen LogP contribution in [0.15, 0.2) is 54.6 Å². The molecule has 0 saturated heterocycles. The summed E-state index contributed by atoms with van der Waals surface area (Å²) in [5, 5.41) is 0. The molecule has 1 atom stereocenters. The minimum absolute atomic E-state index is 0.00220. The van der Waals surface area contributed by atoms with E-state index in [0.29, 0.717) is 18.8 Å². The largest absolute Gasteiger partial charge is 0.489 e. The van der Waals surface area contributed by atoms with Crippen LogP contribution in [-0.2, 0) is 6.42 Å². The number of halogens is 1. The fourth-order valence-electron chi connectivity index (χ4n) is 2.09. The summed E-state index contributed by atoms with van der Waals surface area (Å²) in [7, 11) is 0. The topological polar surface area (TPSA) is 35.2 Å². The lowest BCUT2D eigenvalue weighted by Gasteiger charge is -2.09. The van der Waals surface area contributed by atoms with Gasteiger partial charge in [0.05, 0.1) is 0 Å². The molecule has 0 fully saturated rings. The highest BCUT2D eigenvalue weighted by molar-refractivity contribution is 5.48. The zero-order valence-electron chi connectivity index (χ0n) is 12.1. The van der Waals surface area contributed by atoms with E-state index in [9.17, 15) is 4.39 Å². The Kier molecular flexibility index (Phi) is 5.52. The SMILES string of the molecule is CC(N)Cc1cc(F)cc(OC/C=C/c2ccccc2)c1. The van der Waals surface area contributed by atoms with Gasteiger partial charge < -0.3 is 10.5 Å². The van der Waals surface area contributed by atoms with E-state index in [0.717, 1.165) is 11.1 Å². The molecule has 2 nitrogen and oxygen atoms in total. The molecule has 0 spiro atoms. The van der Waals surface area contributed by atoms with Gasteiger partial charge >= 0.3 is 0 Å². The van der Waals surface area contributed by atoms with Crippen LogP contribution in [0.1, 0.15) is 18.1 Å². The number of ether oxygens (including phenoxy) is 1. The molecule has 0 radical (unpaired) electrons. The number of rotatable bonds is 6. The normalized spacial score (nSPS) is 12.5. The fourth-order valence-corrected chi connectivity index (χ4v) is 2.09. The van der Waals surface area contributed by atoms with Crippen LogP contribution in [0.4, 0.5) is 4.39 Å². The summed E-state index contributed by atoms with van der Waals surface area (Å²) in [6.45, 7) is 2.30. The Morgan fingerprint density at radius 3 is 2.67 bits per heavy atom. The van der Waals surface area contributed by atoms with Crippen LogP contribution in [0.3, 0.4) is 0 Å². The third-order valence-electron chi connectivity index (χ3n) is 2.94. The third kappa shape index (κ3) is 5.40. The summed E-state index contributed by atoms with van der Waals surface area (Å²) < 4.78 is 19.1. The van der Waals surface area contributed by atoms with E-state index in [4.69, 9.17) is 10.5 Å². The van der Waals surface area contributed by atoms with Crippen molar-refractivity contribution >= 4 is 6.08 Å². The molecule has 2 aromatic carbocycles. The highest BCUT2D eigenvalue weighted by atomic mass is 19.1. The lowest BCUT2D eigenvalue weighted by molar-refractivity contribution is 0.360. The van der Waals surface area contributed by atoms with Crippen molar-refractivity contribution in [2.75, 3.05) is 6.61 Å². The average molecular weight is 285 g/mol. The molecule has 1 unspecified atom stereocenters. The lowest BCUT2D eigenvalue weighted by Crippen LogP contribution is -2.17. The van der Waals surface area contributed by atoms with E-state index >= 15 is 0 Å². The van der Waals surface area contributed by atoms with Crippen molar-refractivity contribution in [2.45, 2.75) is 19.4 Å². The van der Waals surface area contributed by atoms with Gasteiger partial charge in [-0.15, -0.1) is 0 Å². The molecule has 0 amide bonds. The minimum atomic E-state index is -0.296. The zero-order valence-corrected chi connectivity index (χ0v) is 12.1. The van der Waals surface area contributed by atoms with Gasteiger partial charge in [0.2, 0.25) is 0 Å². The summed E-state index contributed by atoms with van der Waals surface area (Å²) in [5.41, 5.74) is 7.70. The highest BCUT2D eigenvalue weighted by Crippen LogP contribution is 2.17. The van der Waals surface area contributed by atoms with E-state index in [1.54, 1.807) is 0 Å². The molecule has 0 aliphatic rings. The first-order valence-electron chi connectivity index (χ1n) is 7.03. The number of nitrogens with two attached hydrogens (primary N) is 1. The van der Waals surface area contributed by atoms with Gasteiger partial charge in [0.25, 0.3) is 0 Å². The van der Waals surface area contributed by atoms with Crippen LogP contribution < -0.4 is 10.5 Å². The van der Waals surface area contributed by atoms with E-state index in [-0.39, 0.29) is 11.9 Å². The average Bonchev–Trinajstić information content (AvgIpc) is 2.43. The van der Waals surface area contributed by atoms with Gasteiger partial charge in [0.15, 0.2) is 0 Å². The van der Waals surface area contributed by atoms with Gasteiger partial charge in [-0.2, -0.15) is 0 Å². The Bertz CT molecular complexity index is 593. The standard InChI is InChI=1S/C18H20FNO/c1-14(20)10-16-11-17(19)13-18(12-16)21-9-5-8-15-6-3-2-4-7-15/h2-8,11-14H,9-10,20H2,1H3/b8-5+. The molecule has 0 heterocycles. The third-order valence-corrected chi connectivity index (χ3v) is 2.94. The molecular weight excluding hydrogens is 265 g/mol. The van der Waals surface area contributed by atoms with Crippen molar-refractivity contribution in [3.63, 3.8) is 0 Å². The number of hydrogen-bond acceptors (Lipinski definition) is 2. The second-order valence-corrected chi connectivity index (χ2v) is 5.10. The van der Waals surface area contributed by atoms with Crippen molar-refractivity contribution in [2.24, 2.45) is 5.73 Å². The van der Waals surface area contributed by atoms with E-state index in [1.807, 2.05) is 55.5 Å². The van der Waals surface area contributed by atoms with Gasteiger partial charge in [-0.3, -0.25) is 0 Å². The van der Waals surface area contributed by atoms with Crippen LogP contribution in [0.5, 0.6) is 5.75 Å². The fraction of sp³-hybridized carbons (Fsp3) is 0.222. The van der Waals surface area contributed by atoms with Crippen molar-refractivity contribution in [1.29, 1.82) is 0 Å². The molecule has 2 N–H and O–H groups in total. The van der Waals surface area contributed by atoms with Crippen LogP contribution in [-0.4, -0.2) is 12.6 Å². The summed E-state index contributed by atoms with van der Waals surface area (Å²) in [6, 6.07) is 14.7. The maximum Gasteiger partial charge on any atom is 0.127 e. The van der Waals surface area contributed by atoms with Gasteiger partial charge in [0, 0.05) is 12.1 Å². The smallest absolute Gasteiger partial charge is 0.127 e. The second kappa shape index (κ2) is 7.60. The van der Waals surface area contributed by atoms with Crippen molar-refractivity contribution in [3.05, 3.63) is 71.6 Å². The van der Waals surface area contributed by atoms with Crippen LogP contribution >= 0.6 is 0 Å².